The molecule has 0 saturated carbocycles. The Hall–Kier alpha value is -2.02. The second-order valence-corrected chi connectivity index (χ2v) is 6.37. The third-order valence-electron chi connectivity index (χ3n) is 4.60. The lowest BCUT2D eigenvalue weighted by Gasteiger charge is -2.21. The highest BCUT2D eigenvalue weighted by Gasteiger charge is 2.40. The number of hydrogen-bond acceptors (Lipinski definition) is 7. The van der Waals surface area contributed by atoms with Gasteiger partial charge in [0.25, 0.3) is 0 Å². The lowest BCUT2D eigenvalue weighted by Crippen LogP contribution is -2.29. The van der Waals surface area contributed by atoms with Gasteiger partial charge in [-0.15, -0.1) is 0 Å². The van der Waals surface area contributed by atoms with Gasteiger partial charge in [-0.2, -0.15) is 4.98 Å². The van der Waals surface area contributed by atoms with Crippen molar-refractivity contribution in [1.29, 1.82) is 0 Å². The van der Waals surface area contributed by atoms with Crippen LogP contribution in [0.3, 0.4) is 0 Å². The van der Waals surface area contributed by atoms with Crippen molar-refractivity contribution in [2.75, 3.05) is 31.1 Å². The summed E-state index contributed by atoms with van der Waals surface area (Å²) in [6.07, 6.45) is 1.66. The Kier molecular flexibility index (Phi) is 3.29. The summed E-state index contributed by atoms with van der Waals surface area (Å²) < 4.78 is 5.22. The van der Waals surface area contributed by atoms with E-state index in [-0.39, 0.29) is 0 Å². The predicted molar refractivity (Wildman–Crippen MR) is 80.3 cm³/mol. The highest BCUT2D eigenvalue weighted by atomic mass is 16.5. The van der Waals surface area contributed by atoms with Gasteiger partial charge in [0.2, 0.25) is 5.89 Å². The molecule has 4 heterocycles. The second kappa shape index (κ2) is 5.31. The van der Waals surface area contributed by atoms with Gasteiger partial charge in [-0.25, -0.2) is 9.97 Å². The van der Waals surface area contributed by atoms with E-state index >= 15 is 0 Å². The van der Waals surface area contributed by atoms with Gasteiger partial charge in [0.05, 0.1) is 6.54 Å². The molecule has 2 unspecified atom stereocenters. The minimum absolute atomic E-state index is 0.694. The molecule has 0 N–H and O–H groups in total. The van der Waals surface area contributed by atoms with Gasteiger partial charge in [-0.3, -0.25) is 4.90 Å². The standard InChI is InChI=1S/C15H20N6O/c1-10-3-14(17-9-16-10)21-6-12-4-20(5-13(12)7-21)8-15-18-11(2)19-22-15/h3,9,12-13H,4-8H2,1-2H3. The smallest absolute Gasteiger partial charge is 0.240 e. The summed E-state index contributed by atoms with van der Waals surface area (Å²) in [6.45, 7) is 8.95. The molecule has 2 aromatic rings. The van der Waals surface area contributed by atoms with Crippen LogP contribution in [0, 0.1) is 25.7 Å². The summed E-state index contributed by atoms with van der Waals surface area (Å²) >= 11 is 0. The number of aromatic nitrogens is 4. The fraction of sp³-hybridized carbons (Fsp3) is 0.600. The van der Waals surface area contributed by atoms with Crippen molar-refractivity contribution in [3.05, 3.63) is 29.8 Å². The fourth-order valence-electron chi connectivity index (χ4n) is 3.62. The zero-order chi connectivity index (χ0) is 15.1. The Morgan fingerprint density at radius 3 is 2.55 bits per heavy atom. The number of rotatable bonds is 3. The molecular formula is C15H20N6O. The average molecular weight is 300 g/mol. The topological polar surface area (TPSA) is 71.2 Å². The molecular weight excluding hydrogens is 280 g/mol. The van der Waals surface area contributed by atoms with Crippen LogP contribution in [-0.4, -0.2) is 51.2 Å². The van der Waals surface area contributed by atoms with Crippen LogP contribution in [0.2, 0.25) is 0 Å². The molecule has 2 atom stereocenters. The first-order valence-electron chi connectivity index (χ1n) is 7.72. The maximum Gasteiger partial charge on any atom is 0.240 e. The molecule has 2 aliphatic heterocycles. The molecule has 2 fully saturated rings. The molecule has 2 aliphatic rings. The first-order valence-corrected chi connectivity index (χ1v) is 7.72. The predicted octanol–water partition coefficient (Wildman–Crippen LogP) is 1.04. The van der Waals surface area contributed by atoms with Gasteiger partial charge in [0.15, 0.2) is 5.82 Å². The molecule has 2 aromatic heterocycles. The van der Waals surface area contributed by atoms with E-state index in [2.05, 4.69) is 36.0 Å². The maximum atomic E-state index is 5.22. The Morgan fingerprint density at radius 2 is 1.91 bits per heavy atom. The van der Waals surface area contributed by atoms with Gasteiger partial charge in [0.1, 0.15) is 12.1 Å². The highest BCUT2D eigenvalue weighted by Crippen LogP contribution is 2.33. The van der Waals surface area contributed by atoms with Crippen LogP contribution in [0.15, 0.2) is 16.9 Å². The van der Waals surface area contributed by atoms with Gasteiger partial charge in [0, 0.05) is 37.9 Å². The van der Waals surface area contributed by atoms with Crippen LogP contribution in [-0.2, 0) is 6.54 Å². The van der Waals surface area contributed by atoms with Crippen molar-refractivity contribution in [2.45, 2.75) is 20.4 Å². The quantitative estimate of drug-likeness (QED) is 0.838. The Morgan fingerprint density at radius 1 is 1.14 bits per heavy atom. The summed E-state index contributed by atoms with van der Waals surface area (Å²) in [4.78, 5) is 17.7. The van der Waals surface area contributed by atoms with Crippen molar-refractivity contribution in [2.24, 2.45) is 11.8 Å². The van der Waals surface area contributed by atoms with Gasteiger partial charge >= 0.3 is 0 Å². The first kappa shape index (κ1) is 13.6. The summed E-state index contributed by atoms with van der Waals surface area (Å²) in [5.74, 6) is 3.88. The molecule has 4 rings (SSSR count). The van der Waals surface area contributed by atoms with E-state index in [1.807, 2.05) is 13.8 Å². The maximum absolute atomic E-state index is 5.22. The molecule has 7 heteroatoms. The van der Waals surface area contributed by atoms with E-state index in [1.54, 1.807) is 6.33 Å². The average Bonchev–Trinajstić information content (AvgIpc) is 3.14. The van der Waals surface area contributed by atoms with E-state index in [9.17, 15) is 0 Å². The number of anilines is 1. The van der Waals surface area contributed by atoms with E-state index in [4.69, 9.17) is 4.52 Å². The lowest BCUT2D eigenvalue weighted by molar-refractivity contribution is 0.255. The zero-order valence-electron chi connectivity index (χ0n) is 12.9. The monoisotopic (exact) mass is 300 g/mol. The largest absolute Gasteiger partial charge is 0.356 e. The summed E-state index contributed by atoms with van der Waals surface area (Å²) in [5, 5.41) is 3.86. The molecule has 0 spiro atoms. The summed E-state index contributed by atoms with van der Waals surface area (Å²) in [7, 11) is 0. The first-order chi connectivity index (χ1) is 10.7. The molecule has 0 amide bonds. The van der Waals surface area contributed by atoms with E-state index in [1.165, 1.54) is 0 Å². The molecule has 22 heavy (non-hydrogen) atoms. The minimum atomic E-state index is 0.694. The minimum Gasteiger partial charge on any atom is -0.356 e. The van der Waals surface area contributed by atoms with E-state index in [0.29, 0.717) is 17.7 Å². The van der Waals surface area contributed by atoms with Crippen LogP contribution < -0.4 is 4.90 Å². The molecule has 2 saturated heterocycles. The fourth-order valence-corrected chi connectivity index (χ4v) is 3.62. The SMILES string of the molecule is Cc1cc(N2CC3CN(Cc4nc(C)no4)CC3C2)ncn1. The number of likely N-dealkylation sites (tertiary alicyclic amines) is 1. The number of aryl methyl sites for hydroxylation is 2. The molecule has 0 aromatic carbocycles. The second-order valence-electron chi connectivity index (χ2n) is 6.37. The molecule has 7 nitrogen and oxygen atoms in total. The van der Waals surface area contributed by atoms with Crippen molar-refractivity contribution in [1.82, 2.24) is 25.0 Å². The normalized spacial score (nSPS) is 24.9. The number of hydrogen-bond donors (Lipinski definition) is 0. The van der Waals surface area contributed by atoms with Crippen molar-refractivity contribution in [3.63, 3.8) is 0 Å². The zero-order valence-corrected chi connectivity index (χ0v) is 12.9. The van der Waals surface area contributed by atoms with Gasteiger partial charge in [-0.1, -0.05) is 5.16 Å². The van der Waals surface area contributed by atoms with Crippen LogP contribution in [0.5, 0.6) is 0 Å². The van der Waals surface area contributed by atoms with Crippen LogP contribution in [0.4, 0.5) is 5.82 Å². The molecule has 116 valence electrons. The van der Waals surface area contributed by atoms with E-state index < -0.39 is 0 Å². The van der Waals surface area contributed by atoms with Crippen LogP contribution in [0.25, 0.3) is 0 Å². The van der Waals surface area contributed by atoms with Crippen molar-refractivity contribution in [3.8, 4) is 0 Å². The highest BCUT2D eigenvalue weighted by molar-refractivity contribution is 5.40. The Bertz CT molecular complexity index is 658. The molecule has 0 aliphatic carbocycles. The summed E-state index contributed by atoms with van der Waals surface area (Å²) in [5.41, 5.74) is 1.02. The van der Waals surface area contributed by atoms with Gasteiger partial charge < -0.3 is 9.42 Å². The third kappa shape index (κ3) is 2.56. The van der Waals surface area contributed by atoms with Crippen LogP contribution >= 0.6 is 0 Å². The Balaban J connectivity index is 1.38. The lowest BCUT2D eigenvalue weighted by atomic mass is 10.0. The van der Waals surface area contributed by atoms with Crippen LogP contribution in [0.1, 0.15) is 17.4 Å². The third-order valence-corrected chi connectivity index (χ3v) is 4.60. The van der Waals surface area contributed by atoms with Gasteiger partial charge in [-0.05, 0) is 25.7 Å². The summed E-state index contributed by atoms with van der Waals surface area (Å²) in [6, 6.07) is 2.07. The number of fused-ring (bicyclic) bond motifs is 1. The van der Waals surface area contributed by atoms with Crippen molar-refractivity contribution >= 4 is 5.82 Å². The van der Waals surface area contributed by atoms with E-state index in [0.717, 1.165) is 50.1 Å². The molecule has 0 bridgehead atoms. The molecule has 0 radical (unpaired) electrons. The van der Waals surface area contributed by atoms with Crippen molar-refractivity contribution < 1.29 is 4.52 Å². The Labute approximate surface area is 129 Å². The number of nitrogens with zero attached hydrogens (tertiary/aromatic N) is 6.